The highest BCUT2D eigenvalue weighted by Gasteiger charge is 2.14. The molecule has 1 aromatic rings. The number of carbonyl (C=O) groups is 1. The van der Waals surface area contributed by atoms with Crippen LogP contribution in [0.1, 0.15) is 12.5 Å². The molecule has 1 aromatic carbocycles. The van der Waals surface area contributed by atoms with Gasteiger partial charge in [-0.3, -0.25) is 4.79 Å². The third kappa shape index (κ3) is 3.56. The molecule has 2 rings (SSSR count). The van der Waals surface area contributed by atoms with Gasteiger partial charge in [-0.1, -0.05) is 6.92 Å². The van der Waals surface area contributed by atoms with Crippen molar-refractivity contribution >= 4 is 41.5 Å². The van der Waals surface area contributed by atoms with Crippen molar-refractivity contribution in [3.05, 3.63) is 23.8 Å². The SMILES string of the molecule is CSCC(C)C(=O)Nc1ccc2c(c1)CCN2.Cl. The molecule has 1 amide bonds. The Hall–Kier alpha value is -0.870. The summed E-state index contributed by atoms with van der Waals surface area (Å²) in [7, 11) is 0. The highest BCUT2D eigenvalue weighted by Crippen LogP contribution is 2.25. The van der Waals surface area contributed by atoms with Crippen LogP contribution in [-0.4, -0.2) is 24.5 Å². The first-order valence-corrected chi connectivity index (χ1v) is 7.26. The normalized spacial score (nSPS) is 14.1. The van der Waals surface area contributed by atoms with Gasteiger partial charge < -0.3 is 10.6 Å². The Morgan fingerprint density at radius 2 is 2.33 bits per heavy atom. The second-order valence-corrected chi connectivity index (χ2v) is 5.31. The van der Waals surface area contributed by atoms with Crippen molar-refractivity contribution in [2.45, 2.75) is 13.3 Å². The standard InChI is InChI=1S/C13H18N2OS.ClH/c1-9(8-17-2)13(16)15-11-3-4-12-10(7-11)5-6-14-12;/h3-4,7,9,14H,5-6,8H2,1-2H3,(H,15,16);1H. The van der Waals surface area contributed by atoms with E-state index in [-0.39, 0.29) is 24.2 Å². The van der Waals surface area contributed by atoms with Gasteiger partial charge in [0, 0.05) is 29.6 Å². The molecule has 5 heteroatoms. The van der Waals surface area contributed by atoms with E-state index in [4.69, 9.17) is 0 Å². The lowest BCUT2D eigenvalue weighted by atomic mass is 10.1. The molecule has 1 atom stereocenters. The first-order valence-electron chi connectivity index (χ1n) is 5.87. The van der Waals surface area contributed by atoms with E-state index in [1.807, 2.05) is 25.3 Å². The van der Waals surface area contributed by atoms with E-state index < -0.39 is 0 Å². The average Bonchev–Trinajstić information content (AvgIpc) is 2.76. The molecule has 0 saturated carbocycles. The average molecular weight is 287 g/mol. The summed E-state index contributed by atoms with van der Waals surface area (Å²) in [5.41, 5.74) is 3.39. The van der Waals surface area contributed by atoms with Crippen molar-refractivity contribution in [2.24, 2.45) is 5.92 Å². The molecule has 100 valence electrons. The van der Waals surface area contributed by atoms with Crippen molar-refractivity contribution in [3.8, 4) is 0 Å². The molecule has 18 heavy (non-hydrogen) atoms. The molecule has 1 aliphatic heterocycles. The molecule has 0 aliphatic carbocycles. The van der Waals surface area contributed by atoms with Crippen molar-refractivity contribution in [2.75, 3.05) is 29.2 Å². The summed E-state index contributed by atoms with van der Waals surface area (Å²) >= 11 is 1.70. The Morgan fingerprint density at radius 3 is 3.06 bits per heavy atom. The molecule has 0 radical (unpaired) electrons. The van der Waals surface area contributed by atoms with Gasteiger partial charge in [-0.15, -0.1) is 12.4 Å². The van der Waals surface area contributed by atoms with E-state index in [9.17, 15) is 4.79 Å². The van der Waals surface area contributed by atoms with Gasteiger partial charge in [0.25, 0.3) is 0 Å². The quantitative estimate of drug-likeness (QED) is 0.894. The van der Waals surface area contributed by atoms with Crippen LogP contribution < -0.4 is 10.6 Å². The van der Waals surface area contributed by atoms with Crippen LogP contribution in [0.25, 0.3) is 0 Å². The monoisotopic (exact) mass is 286 g/mol. The fraction of sp³-hybridized carbons (Fsp3) is 0.462. The predicted molar refractivity (Wildman–Crippen MR) is 82.1 cm³/mol. The first-order chi connectivity index (χ1) is 8.20. The third-order valence-electron chi connectivity index (χ3n) is 2.95. The number of thioether (sulfide) groups is 1. The zero-order chi connectivity index (χ0) is 12.3. The second-order valence-electron chi connectivity index (χ2n) is 4.39. The molecule has 1 unspecified atom stereocenters. The Balaban J connectivity index is 0.00000162. The number of nitrogens with one attached hydrogen (secondary N) is 2. The number of halogens is 1. The summed E-state index contributed by atoms with van der Waals surface area (Å²) in [6, 6.07) is 6.07. The minimum Gasteiger partial charge on any atom is -0.384 e. The lowest BCUT2D eigenvalue weighted by Crippen LogP contribution is -2.22. The Kier molecular flexibility index (Phi) is 5.82. The highest BCUT2D eigenvalue weighted by atomic mass is 35.5. The molecule has 1 heterocycles. The van der Waals surface area contributed by atoms with Gasteiger partial charge in [-0.05, 0) is 36.4 Å². The Bertz CT molecular complexity index is 425. The molecule has 0 aromatic heterocycles. The minimum absolute atomic E-state index is 0. The summed E-state index contributed by atoms with van der Waals surface area (Å²) in [6.45, 7) is 2.95. The molecule has 2 N–H and O–H groups in total. The number of amides is 1. The van der Waals surface area contributed by atoms with E-state index in [1.54, 1.807) is 11.8 Å². The molecule has 0 saturated heterocycles. The highest BCUT2D eigenvalue weighted by molar-refractivity contribution is 7.98. The zero-order valence-corrected chi connectivity index (χ0v) is 12.3. The third-order valence-corrected chi connectivity index (χ3v) is 3.78. The Labute approximate surface area is 119 Å². The van der Waals surface area contributed by atoms with Crippen LogP contribution in [0.5, 0.6) is 0 Å². The lowest BCUT2D eigenvalue weighted by Gasteiger charge is -2.11. The molecule has 0 bridgehead atoms. The van der Waals surface area contributed by atoms with Crippen LogP contribution in [0, 0.1) is 5.92 Å². The number of anilines is 2. The summed E-state index contributed by atoms with van der Waals surface area (Å²) < 4.78 is 0. The molecular weight excluding hydrogens is 268 g/mol. The number of hydrogen-bond acceptors (Lipinski definition) is 3. The van der Waals surface area contributed by atoms with E-state index in [0.29, 0.717) is 0 Å². The molecule has 1 aliphatic rings. The summed E-state index contributed by atoms with van der Waals surface area (Å²) in [6.07, 6.45) is 3.06. The van der Waals surface area contributed by atoms with Crippen molar-refractivity contribution < 1.29 is 4.79 Å². The number of fused-ring (bicyclic) bond motifs is 1. The maximum atomic E-state index is 11.9. The van der Waals surface area contributed by atoms with Gasteiger partial charge in [0.15, 0.2) is 0 Å². The summed E-state index contributed by atoms with van der Waals surface area (Å²) in [5.74, 6) is 1.01. The van der Waals surface area contributed by atoms with Crippen LogP contribution >= 0.6 is 24.2 Å². The lowest BCUT2D eigenvalue weighted by molar-refractivity contribution is -0.118. The van der Waals surface area contributed by atoms with Crippen molar-refractivity contribution in [3.63, 3.8) is 0 Å². The second kappa shape index (κ2) is 6.90. The topological polar surface area (TPSA) is 41.1 Å². The largest absolute Gasteiger partial charge is 0.384 e. The van der Waals surface area contributed by atoms with Gasteiger partial charge >= 0.3 is 0 Å². The fourth-order valence-corrected chi connectivity index (χ4v) is 2.63. The summed E-state index contributed by atoms with van der Waals surface area (Å²) in [5, 5.41) is 6.28. The van der Waals surface area contributed by atoms with Crippen LogP contribution in [0.15, 0.2) is 18.2 Å². The number of rotatable bonds is 4. The number of carbonyl (C=O) groups excluding carboxylic acids is 1. The van der Waals surface area contributed by atoms with Crippen LogP contribution in [0.2, 0.25) is 0 Å². The maximum Gasteiger partial charge on any atom is 0.228 e. The smallest absolute Gasteiger partial charge is 0.228 e. The number of hydrogen-bond donors (Lipinski definition) is 2. The minimum atomic E-state index is 0. The predicted octanol–water partition coefficient (Wildman–Crippen LogP) is 3.01. The van der Waals surface area contributed by atoms with E-state index in [2.05, 4.69) is 16.7 Å². The number of benzene rings is 1. The van der Waals surface area contributed by atoms with Gasteiger partial charge in [0.05, 0.1) is 0 Å². The van der Waals surface area contributed by atoms with E-state index in [0.717, 1.165) is 24.4 Å². The van der Waals surface area contributed by atoms with Crippen molar-refractivity contribution in [1.29, 1.82) is 0 Å². The van der Waals surface area contributed by atoms with E-state index >= 15 is 0 Å². The Morgan fingerprint density at radius 1 is 1.56 bits per heavy atom. The van der Waals surface area contributed by atoms with Gasteiger partial charge in [-0.2, -0.15) is 11.8 Å². The molecular formula is C13H19ClN2OS. The zero-order valence-electron chi connectivity index (χ0n) is 10.7. The van der Waals surface area contributed by atoms with Gasteiger partial charge in [0.2, 0.25) is 5.91 Å². The molecule has 3 nitrogen and oxygen atoms in total. The van der Waals surface area contributed by atoms with Crippen LogP contribution in [0.4, 0.5) is 11.4 Å². The van der Waals surface area contributed by atoms with Gasteiger partial charge in [-0.25, -0.2) is 0 Å². The first kappa shape index (κ1) is 15.2. The van der Waals surface area contributed by atoms with Crippen molar-refractivity contribution in [1.82, 2.24) is 0 Å². The van der Waals surface area contributed by atoms with Crippen LogP contribution in [-0.2, 0) is 11.2 Å². The summed E-state index contributed by atoms with van der Waals surface area (Å²) in [4.78, 5) is 11.9. The van der Waals surface area contributed by atoms with Gasteiger partial charge in [0.1, 0.15) is 0 Å². The fourth-order valence-electron chi connectivity index (χ4n) is 1.97. The van der Waals surface area contributed by atoms with E-state index in [1.165, 1.54) is 11.3 Å². The maximum absolute atomic E-state index is 11.9. The van der Waals surface area contributed by atoms with Crippen LogP contribution in [0.3, 0.4) is 0 Å². The molecule has 0 fully saturated rings. The molecule has 0 spiro atoms.